The van der Waals surface area contributed by atoms with Gasteiger partial charge in [-0.2, -0.15) is 0 Å². The molecule has 2 heterocycles. The summed E-state index contributed by atoms with van der Waals surface area (Å²) in [6.45, 7) is 3.24. The first-order valence-corrected chi connectivity index (χ1v) is 10.2. The molecule has 0 unspecified atom stereocenters. The highest BCUT2D eigenvalue weighted by atomic mass is 19.1. The molecule has 1 aliphatic heterocycles. The summed E-state index contributed by atoms with van der Waals surface area (Å²) in [5, 5.41) is 12.4. The fraction of sp³-hybridized carbons (Fsp3) is 0.304. The number of nitrogens with zero attached hydrogens (tertiary/aromatic N) is 2. The summed E-state index contributed by atoms with van der Waals surface area (Å²) in [5.74, 6) is -3.65. The van der Waals surface area contributed by atoms with Crippen LogP contribution in [0.1, 0.15) is 23.7 Å². The summed E-state index contributed by atoms with van der Waals surface area (Å²) >= 11 is 0. The van der Waals surface area contributed by atoms with Crippen LogP contribution in [0.4, 0.5) is 18.9 Å². The summed E-state index contributed by atoms with van der Waals surface area (Å²) in [5.41, 5.74) is -1.30. The van der Waals surface area contributed by atoms with Gasteiger partial charge in [0, 0.05) is 36.8 Å². The van der Waals surface area contributed by atoms with Crippen LogP contribution in [0.15, 0.2) is 41.3 Å². The zero-order chi connectivity index (χ0) is 23.2. The van der Waals surface area contributed by atoms with Crippen molar-refractivity contribution in [3.63, 3.8) is 0 Å². The Morgan fingerprint density at radius 1 is 1.16 bits per heavy atom. The number of fused-ring (bicyclic) bond motifs is 1. The number of halogens is 3. The van der Waals surface area contributed by atoms with Crippen molar-refractivity contribution in [3.8, 4) is 5.69 Å². The number of carbonyl (C=O) groups is 1. The fourth-order valence-electron chi connectivity index (χ4n) is 4.25. The number of aromatic nitrogens is 1. The predicted octanol–water partition coefficient (Wildman–Crippen LogP) is 3.54. The molecular weight excluding hydrogens is 423 g/mol. The number of hydrogen-bond donors (Lipinski definition) is 2. The van der Waals surface area contributed by atoms with Gasteiger partial charge in [-0.15, -0.1) is 0 Å². The Morgan fingerprint density at radius 3 is 2.53 bits per heavy atom. The van der Waals surface area contributed by atoms with Gasteiger partial charge in [-0.1, -0.05) is 0 Å². The molecule has 1 fully saturated rings. The molecule has 32 heavy (non-hydrogen) atoms. The number of pyridine rings is 1. The van der Waals surface area contributed by atoms with Crippen LogP contribution >= 0.6 is 0 Å². The number of rotatable bonds is 5. The molecular formula is C23H22F3N3O3. The van der Waals surface area contributed by atoms with Gasteiger partial charge in [0.1, 0.15) is 23.0 Å². The second-order valence-electron chi connectivity index (χ2n) is 8.04. The summed E-state index contributed by atoms with van der Waals surface area (Å²) in [7, 11) is 1.86. The van der Waals surface area contributed by atoms with E-state index in [4.69, 9.17) is 0 Å². The van der Waals surface area contributed by atoms with Crippen molar-refractivity contribution >= 4 is 22.6 Å². The third kappa shape index (κ3) is 3.73. The van der Waals surface area contributed by atoms with Gasteiger partial charge in [-0.25, -0.2) is 18.0 Å². The first-order valence-electron chi connectivity index (χ1n) is 10.2. The molecule has 1 aromatic heterocycles. The van der Waals surface area contributed by atoms with E-state index in [0.29, 0.717) is 25.1 Å². The Morgan fingerprint density at radius 2 is 1.88 bits per heavy atom. The molecule has 2 atom stereocenters. The van der Waals surface area contributed by atoms with E-state index in [9.17, 15) is 23.5 Å². The van der Waals surface area contributed by atoms with Gasteiger partial charge < -0.3 is 19.9 Å². The lowest BCUT2D eigenvalue weighted by Crippen LogP contribution is -2.32. The lowest BCUT2D eigenvalue weighted by atomic mass is 10.0. The molecule has 168 valence electrons. The average molecular weight is 445 g/mol. The summed E-state index contributed by atoms with van der Waals surface area (Å²) in [6.07, 6.45) is 1.83. The van der Waals surface area contributed by atoms with Crippen molar-refractivity contribution in [2.24, 2.45) is 5.92 Å². The average Bonchev–Trinajstić information content (AvgIpc) is 3.23. The summed E-state index contributed by atoms with van der Waals surface area (Å²) < 4.78 is 44.3. The molecule has 1 aliphatic rings. The largest absolute Gasteiger partial charge is 0.477 e. The van der Waals surface area contributed by atoms with Crippen LogP contribution in [-0.2, 0) is 0 Å². The molecule has 0 aliphatic carbocycles. The number of benzene rings is 2. The molecule has 6 nitrogen and oxygen atoms in total. The Balaban J connectivity index is 1.94. The van der Waals surface area contributed by atoms with E-state index in [0.717, 1.165) is 35.4 Å². The van der Waals surface area contributed by atoms with Crippen LogP contribution in [0, 0.1) is 23.4 Å². The van der Waals surface area contributed by atoms with Crippen molar-refractivity contribution in [1.82, 2.24) is 9.88 Å². The van der Waals surface area contributed by atoms with E-state index in [1.54, 1.807) is 0 Å². The normalized spacial score (nSPS) is 17.2. The highest BCUT2D eigenvalue weighted by Crippen LogP contribution is 2.32. The van der Waals surface area contributed by atoms with Crippen molar-refractivity contribution in [2.45, 2.75) is 19.4 Å². The predicted molar refractivity (Wildman–Crippen MR) is 115 cm³/mol. The van der Waals surface area contributed by atoms with E-state index in [-0.39, 0.29) is 28.3 Å². The molecule has 0 spiro atoms. The minimum absolute atomic E-state index is 0.132. The highest BCUT2D eigenvalue weighted by Gasteiger charge is 2.29. The van der Waals surface area contributed by atoms with Gasteiger partial charge in [0.05, 0.1) is 16.9 Å². The minimum Gasteiger partial charge on any atom is -0.477 e. The van der Waals surface area contributed by atoms with Gasteiger partial charge in [0.2, 0.25) is 5.43 Å². The van der Waals surface area contributed by atoms with E-state index in [1.165, 1.54) is 6.07 Å². The zero-order valence-electron chi connectivity index (χ0n) is 17.5. The number of carboxylic acid groups (broad SMARTS) is 1. The number of nitrogens with one attached hydrogen (secondary N) is 1. The number of aromatic carboxylic acids is 1. The van der Waals surface area contributed by atoms with Crippen molar-refractivity contribution in [3.05, 3.63) is 69.8 Å². The van der Waals surface area contributed by atoms with Crippen LogP contribution in [0.5, 0.6) is 0 Å². The van der Waals surface area contributed by atoms with E-state index < -0.39 is 34.4 Å². The third-order valence-electron chi connectivity index (χ3n) is 6.20. The maximum absolute atomic E-state index is 15.1. The molecule has 1 saturated heterocycles. The van der Waals surface area contributed by atoms with Gasteiger partial charge in [0.25, 0.3) is 0 Å². The number of anilines is 1. The molecule has 9 heteroatoms. The maximum atomic E-state index is 15.1. The second-order valence-corrected chi connectivity index (χ2v) is 8.04. The summed E-state index contributed by atoms with van der Waals surface area (Å²) in [4.78, 5) is 26.2. The van der Waals surface area contributed by atoms with E-state index in [1.807, 2.05) is 18.9 Å². The van der Waals surface area contributed by atoms with Crippen LogP contribution in [0.2, 0.25) is 0 Å². The lowest BCUT2D eigenvalue weighted by Gasteiger charge is -2.23. The molecule has 2 N–H and O–H groups in total. The van der Waals surface area contributed by atoms with Crippen molar-refractivity contribution in [1.29, 1.82) is 0 Å². The Labute approximate surface area is 181 Å². The van der Waals surface area contributed by atoms with Crippen LogP contribution in [0.25, 0.3) is 16.6 Å². The van der Waals surface area contributed by atoms with Crippen LogP contribution in [-0.4, -0.2) is 41.8 Å². The highest BCUT2D eigenvalue weighted by molar-refractivity contribution is 5.94. The van der Waals surface area contributed by atoms with Gasteiger partial charge >= 0.3 is 5.97 Å². The van der Waals surface area contributed by atoms with Crippen LogP contribution < -0.4 is 15.6 Å². The maximum Gasteiger partial charge on any atom is 0.341 e. The zero-order valence-corrected chi connectivity index (χ0v) is 17.5. The molecule has 0 radical (unpaired) electrons. The molecule has 4 rings (SSSR count). The molecule has 0 saturated carbocycles. The van der Waals surface area contributed by atoms with E-state index in [2.05, 4.69) is 5.32 Å². The monoisotopic (exact) mass is 445 g/mol. The SMILES string of the molecule is CN[C@H](C)[C@@H]1CCN(c2cc3c(cc2F)c(=O)c(C(=O)O)cn3-c2ccc(F)cc2F)C1. The molecule has 2 aromatic carbocycles. The van der Waals surface area contributed by atoms with Crippen LogP contribution in [0.3, 0.4) is 0 Å². The fourth-order valence-corrected chi connectivity index (χ4v) is 4.25. The number of carboxylic acids is 1. The van der Waals surface area contributed by atoms with E-state index >= 15 is 4.39 Å². The molecule has 0 amide bonds. The van der Waals surface area contributed by atoms with Gasteiger partial charge in [-0.3, -0.25) is 4.79 Å². The van der Waals surface area contributed by atoms with Gasteiger partial charge in [0.15, 0.2) is 0 Å². The Bertz CT molecular complexity index is 1270. The van der Waals surface area contributed by atoms with Gasteiger partial charge in [-0.05, 0) is 50.6 Å². The lowest BCUT2D eigenvalue weighted by molar-refractivity contribution is 0.0695. The smallest absolute Gasteiger partial charge is 0.341 e. The quantitative estimate of drug-likeness (QED) is 0.629. The molecule has 3 aromatic rings. The molecule has 0 bridgehead atoms. The Kier molecular flexibility index (Phi) is 5.68. The summed E-state index contributed by atoms with van der Waals surface area (Å²) in [6, 6.07) is 5.47. The minimum atomic E-state index is -1.53. The first kappa shape index (κ1) is 21.9. The third-order valence-corrected chi connectivity index (χ3v) is 6.20. The topological polar surface area (TPSA) is 74.6 Å². The van der Waals surface area contributed by atoms with Crippen molar-refractivity contribution < 1.29 is 23.1 Å². The van der Waals surface area contributed by atoms with Crippen molar-refractivity contribution in [2.75, 3.05) is 25.0 Å². The Hall–Kier alpha value is -3.33. The second kappa shape index (κ2) is 8.31. The standard InChI is InChI=1S/C23H22F3N3O3/c1-12(27-2)13-5-6-28(10-13)21-9-20-15(8-18(21)26)22(30)16(23(31)32)11-29(20)19-4-3-14(24)7-17(19)25/h3-4,7-9,11-13,27H,5-6,10H2,1-2H3,(H,31,32)/t12-,13-/m1/s1. The first-order chi connectivity index (χ1) is 15.2. The number of hydrogen-bond acceptors (Lipinski definition) is 4.